The monoisotopic (exact) mass is 169 g/mol. The van der Waals surface area contributed by atoms with E-state index in [-0.39, 0.29) is 0 Å². The van der Waals surface area contributed by atoms with Crippen molar-refractivity contribution in [2.24, 2.45) is 5.41 Å². The molecule has 0 amide bonds. The molecular weight excluding hydrogens is 156 g/mol. The Hall–Kier alpha value is -1.06. The molecule has 1 radical (unpaired) electrons. The minimum Gasteiger partial charge on any atom is -0.480 e. The summed E-state index contributed by atoms with van der Waals surface area (Å²) in [6.07, 6.45) is 3.61. The molecule has 4 nitrogen and oxygen atoms in total. The van der Waals surface area contributed by atoms with Crippen LogP contribution in [0.2, 0.25) is 0 Å². The van der Waals surface area contributed by atoms with Gasteiger partial charge >= 0.3 is 5.97 Å². The summed E-state index contributed by atoms with van der Waals surface area (Å²) >= 11 is 0. The number of carboxylic acid groups (broad SMARTS) is 1. The summed E-state index contributed by atoms with van der Waals surface area (Å²) in [4.78, 5) is 10.9. The van der Waals surface area contributed by atoms with Gasteiger partial charge in [0.15, 0.2) is 0 Å². The molecule has 0 spiro atoms. The molecule has 0 unspecified atom stereocenters. The summed E-state index contributed by atoms with van der Waals surface area (Å²) in [6, 6.07) is 0. The molecule has 1 fully saturated rings. The van der Waals surface area contributed by atoms with Crippen LogP contribution in [0.4, 0.5) is 0 Å². The van der Waals surface area contributed by atoms with E-state index in [2.05, 4.69) is 0 Å². The van der Waals surface area contributed by atoms with E-state index in [1.165, 1.54) is 0 Å². The maximum absolute atomic E-state index is 10.9. The second-order valence-electron chi connectivity index (χ2n) is 3.32. The summed E-state index contributed by atoms with van der Waals surface area (Å²) in [5.74, 6) is -1.43. The average Bonchev–Trinajstić information content (AvgIpc) is 2.05. The lowest BCUT2D eigenvalue weighted by Crippen LogP contribution is -2.41. The van der Waals surface area contributed by atoms with Gasteiger partial charge in [-0.15, -0.1) is 0 Å². The fourth-order valence-corrected chi connectivity index (χ4v) is 1.73. The molecule has 0 aromatic rings. The highest BCUT2D eigenvalue weighted by molar-refractivity contribution is 6.02. The first-order valence-electron chi connectivity index (χ1n) is 4.13. The molecule has 0 saturated heterocycles. The second-order valence-corrected chi connectivity index (χ2v) is 3.32. The Morgan fingerprint density at radius 1 is 1.25 bits per heavy atom. The van der Waals surface area contributed by atoms with Crippen LogP contribution in [0, 0.1) is 10.8 Å². The predicted octanol–water partition coefficient (Wildman–Crippen LogP) is 1.28. The van der Waals surface area contributed by atoms with Gasteiger partial charge in [0.05, 0.1) is 0 Å². The molecule has 1 rings (SSSR count). The summed E-state index contributed by atoms with van der Waals surface area (Å²) in [5, 5.41) is 16.1. The van der Waals surface area contributed by atoms with Crippen LogP contribution >= 0.6 is 0 Å². The van der Waals surface area contributed by atoms with Crippen LogP contribution in [0.1, 0.15) is 32.1 Å². The van der Waals surface area contributed by atoms with Gasteiger partial charge in [0.1, 0.15) is 11.3 Å². The average molecular weight is 169 g/mol. The van der Waals surface area contributed by atoms with Crippen LogP contribution < -0.4 is 5.73 Å². The van der Waals surface area contributed by atoms with Crippen LogP contribution in [-0.4, -0.2) is 16.9 Å². The van der Waals surface area contributed by atoms with Gasteiger partial charge in [0.25, 0.3) is 0 Å². The van der Waals surface area contributed by atoms with Gasteiger partial charge in [-0.05, 0) is 12.8 Å². The van der Waals surface area contributed by atoms with Crippen LogP contribution in [0.5, 0.6) is 0 Å². The Morgan fingerprint density at radius 2 is 1.75 bits per heavy atom. The molecule has 0 heterocycles. The molecule has 1 aliphatic rings. The van der Waals surface area contributed by atoms with Crippen molar-refractivity contribution in [2.75, 3.05) is 0 Å². The lowest BCUT2D eigenvalue weighted by Gasteiger charge is -2.30. The Labute approximate surface area is 71.3 Å². The number of amidine groups is 1. The smallest absolute Gasteiger partial charge is 0.317 e. The molecule has 0 aliphatic heterocycles. The molecular formula is C8H13N2O2. The van der Waals surface area contributed by atoms with Crippen LogP contribution in [0.15, 0.2) is 0 Å². The number of hydrogen-bond donors (Lipinski definition) is 2. The van der Waals surface area contributed by atoms with Crippen molar-refractivity contribution in [3.63, 3.8) is 0 Å². The zero-order chi connectivity index (χ0) is 9.19. The van der Waals surface area contributed by atoms with E-state index in [4.69, 9.17) is 16.2 Å². The highest BCUT2D eigenvalue weighted by Crippen LogP contribution is 2.36. The Bertz CT molecular complexity index is 191. The minimum atomic E-state index is -1.15. The van der Waals surface area contributed by atoms with Gasteiger partial charge in [0.2, 0.25) is 0 Å². The number of carbonyl (C=O) groups is 1. The zero-order valence-corrected chi connectivity index (χ0v) is 6.89. The molecule has 67 valence electrons. The van der Waals surface area contributed by atoms with Crippen LogP contribution in [-0.2, 0) is 4.79 Å². The van der Waals surface area contributed by atoms with Crippen molar-refractivity contribution in [3.8, 4) is 0 Å². The highest BCUT2D eigenvalue weighted by atomic mass is 16.4. The SMILES string of the molecule is [NH]C(=N)C1(C(=O)O)CCCCC1. The summed E-state index contributed by atoms with van der Waals surface area (Å²) in [5.41, 5.74) is 6.00. The van der Waals surface area contributed by atoms with Crippen molar-refractivity contribution in [3.05, 3.63) is 0 Å². The van der Waals surface area contributed by atoms with E-state index in [1.54, 1.807) is 0 Å². The number of rotatable bonds is 2. The second kappa shape index (κ2) is 3.13. The van der Waals surface area contributed by atoms with Gasteiger partial charge in [-0.3, -0.25) is 15.9 Å². The summed E-state index contributed by atoms with van der Waals surface area (Å²) < 4.78 is 0. The molecule has 0 bridgehead atoms. The lowest BCUT2D eigenvalue weighted by atomic mass is 9.73. The Balaban J connectivity index is 2.84. The lowest BCUT2D eigenvalue weighted by molar-refractivity contribution is -0.146. The van der Waals surface area contributed by atoms with Crippen LogP contribution in [0.25, 0.3) is 0 Å². The zero-order valence-electron chi connectivity index (χ0n) is 6.89. The molecule has 0 aromatic heterocycles. The number of carboxylic acids is 1. The predicted molar refractivity (Wildman–Crippen MR) is 44.0 cm³/mol. The number of aliphatic carboxylic acids is 1. The van der Waals surface area contributed by atoms with E-state index >= 15 is 0 Å². The van der Waals surface area contributed by atoms with E-state index in [9.17, 15) is 4.79 Å². The molecule has 0 atom stereocenters. The third kappa shape index (κ3) is 1.29. The normalized spacial score (nSPS) is 21.7. The maximum Gasteiger partial charge on any atom is 0.317 e. The van der Waals surface area contributed by atoms with Gasteiger partial charge in [-0.2, -0.15) is 0 Å². The summed E-state index contributed by atoms with van der Waals surface area (Å²) in [6.45, 7) is 0. The van der Waals surface area contributed by atoms with Gasteiger partial charge in [-0.25, -0.2) is 0 Å². The first-order valence-corrected chi connectivity index (χ1v) is 4.13. The van der Waals surface area contributed by atoms with E-state index in [1.807, 2.05) is 0 Å². The van der Waals surface area contributed by atoms with Crippen LogP contribution in [0.3, 0.4) is 0 Å². The first-order chi connectivity index (χ1) is 5.59. The largest absolute Gasteiger partial charge is 0.480 e. The van der Waals surface area contributed by atoms with Crippen molar-refractivity contribution in [1.29, 1.82) is 5.41 Å². The minimum absolute atomic E-state index is 0.435. The van der Waals surface area contributed by atoms with Crippen molar-refractivity contribution in [1.82, 2.24) is 5.73 Å². The molecule has 12 heavy (non-hydrogen) atoms. The maximum atomic E-state index is 10.9. The number of hydrogen-bond acceptors (Lipinski definition) is 2. The fourth-order valence-electron chi connectivity index (χ4n) is 1.73. The van der Waals surface area contributed by atoms with E-state index < -0.39 is 17.2 Å². The highest BCUT2D eigenvalue weighted by Gasteiger charge is 2.43. The van der Waals surface area contributed by atoms with Gasteiger partial charge in [0, 0.05) is 0 Å². The van der Waals surface area contributed by atoms with E-state index in [0.29, 0.717) is 12.8 Å². The molecule has 1 aliphatic carbocycles. The molecule has 3 N–H and O–H groups in total. The van der Waals surface area contributed by atoms with Crippen molar-refractivity contribution < 1.29 is 9.90 Å². The first kappa shape index (κ1) is 9.03. The molecule has 4 heteroatoms. The standard InChI is InChI=1S/C8H13N2O2/c9-6(10)8(7(11)12)4-2-1-3-5-8/h9-10H,1-5H2,(H,11,12). The topological polar surface area (TPSA) is 85.0 Å². The van der Waals surface area contributed by atoms with Crippen molar-refractivity contribution in [2.45, 2.75) is 32.1 Å². The van der Waals surface area contributed by atoms with E-state index in [0.717, 1.165) is 19.3 Å². The Kier molecular flexibility index (Phi) is 2.35. The third-order valence-electron chi connectivity index (χ3n) is 2.60. The Morgan fingerprint density at radius 3 is 2.00 bits per heavy atom. The van der Waals surface area contributed by atoms with Gasteiger partial charge in [-0.1, -0.05) is 19.3 Å². The van der Waals surface area contributed by atoms with Crippen molar-refractivity contribution >= 4 is 11.8 Å². The van der Waals surface area contributed by atoms with Gasteiger partial charge < -0.3 is 5.11 Å². The quantitative estimate of drug-likeness (QED) is 0.482. The summed E-state index contributed by atoms with van der Waals surface area (Å²) in [7, 11) is 0. The molecule has 1 saturated carbocycles. The molecule has 0 aromatic carbocycles. The third-order valence-corrected chi connectivity index (χ3v) is 2.60. The number of nitrogens with one attached hydrogen (secondary N) is 2. The fraction of sp³-hybridized carbons (Fsp3) is 0.750.